The highest BCUT2D eigenvalue weighted by Crippen LogP contribution is 2.12. The molecule has 0 aliphatic rings. The fourth-order valence-corrected chi connectivity index (χ4v) is 2.16. The summed E-state index contributed by atoms with van der Waals surface area (Å²) in [7, 11) is 0. The van der Waals surface area contributed by atoms with Gasteiger partial charge in [-0.15, -0.1) is 0 Å². The number of rotatable bonds is 15. The lowest BCUT2D eigenvalue weighted by molar-refractivity contribution is -0.139. The van der Waals surface area contributed by atoms with Crippen LogP contribution in [0.3, 0.4) is 0 Å². The molecule has 0 aromatic carbocycles. The monoisotopic (exact) mass is 438 g/mol. The summed E-state index contributed by atoms with van der Waals surface area (Å²) in [5, 5.41) is 50.6. The van der Waals surface area contributed by atoms with Gasteiger partial charge in [0.25, 0.3) is 0 Å². The summed E-state index contributed by atoms with van der Waals surface area (Å²) in [6.45, 7) is 4.13. The minimum absolute atomic E-state index is 0.0628. The Balaban J connectivity index is -0.000000364. The Bertz CT molecular complexity index is 397. The lowest BCUT2D eigenvalue weighted by Crippen LogP contribution is -2.22. The number of aliphatic hydroxyl groups is 2. The van der Waals surface area contributed by atoms with Crippen molar-refractivity contribution in [1.29, 1.82) is 0 Å². The van der Waals surface area contributed by atoms with E-state index in [4.69, 9.17) is 25.5 Å². The standard InChI is InChI=1S/C8H18O2.2C6H10O4/c1-3-5-8(10)7(4-2)6-9;2*7-5(8)3-1-2-4-6(9)10/h7-10H,3-6H2,1-2H3;2*1-4H2,(H,7,8)(H,9,10). The molecule has 0 saturated carbocycles. The van der Waals surface area contributed by atoms with Gasteiger partial charge < -0.3 is 30.6 Å². The summed E-state index contributed by atoms with van der Waals surface area (Å²) >= 11 is 0. The molecule has 178 valence electrons. The fraction of sp³-hybridized carbons (Fsp3) is 0.800. The number of hydrogen-bond acceptors (Lipinski definition) is 6. The molecule has 2 unspecified atom stereocenters. The average Bonchev–Trinajstić information content (AvgIpc) is 2.64. The van der Waals surface area contributed by atoms with Crippen molar-refractivity contribution in [2.45, 2.75) is 90.6 Å². The van der Waals surface area contributed by atoms with Gasteiger partial charge in [0.2, 0.25) is 0 Å². The molecule has 0 heterocycles. The summed E-state index contributed by atoms with van der Waals surface area (Å²) in [5.41, 5.74) is 0. The molecule has 0 amide bonds. The second-order valence-electron chi connectivity index (χ2n) is 6.70. The largest absolute Gasteiger partial charge is 0.481 e. The molecule has 0 radical (unpaired) electrons. The molecule has 2 atom stereocenters. The van der Waals surface area contributed by atoms with E-state index in [0.717, 1.165) is 19.3 Å². The van der Waals surface area contributed by atoms with Crippen LogP contribution in [0.15, 0.2) is 0 Å². The highest BCUT2D eigenvalue weighted by atomic mass is 16.4. The van der Waals surface area contributed by atoms with Gasteiger partial charge in [0.05, 0.1) is 6.10 Å². The number of hydrogen-bond donors (Lipinski definition) is 6. The zero-order valence-electron chi connectivity index (χ0n) is 18.0. The van der Waals surface area contributed by atoms with Crippen molar-refractivity contribution < 1.29 is 49.8 Å². The van der Waals surface area contributed by atoms with Gasteiger partial charge in [-0.25, -0.2) is 0 Å². The minimum atomic E-state index is -0.870. The van der Waals surface area contributed by atoms with Crippen molar-refractivity contribution in [1.82, 2.24) is 0 Å². The molecule has 0 fully saturated rings. The third-order valence-electron chi connectivity index (χ3n) is 3.95. The number of aliphatic hydroxyl groups excluding tert-OH is 2. The highest BCUT2D eigenvalue weighted by Gasteiger charge is 2.14. The van der Waals surface area contributed by atoms with Gasteiger partial charge in [0.1, 0.15) is 0 Å². The molecule has 0 aliphatic carbocycles. The van der Waals surface area contributed by atoms with E-state index >= 15 is 0 Å². The first kappa shape index (κ1) is 32.5. The topological polar surface area (TPSA) is 190 Å². The third kappa shape index (κ3) is 30.5. The molecule has 0 saturated heterocycles. The summed E-state index contributed by atoms with van der Waals surface area (Å²) < 4.78 is 0. The maximum absolute atomic E-state index is 9.90. The van der Waals surface area contributed by atoms with Crippen molar-refractivity contribution in [3.63, 3.8) is 0 Å². The molecular weight excluding hydrogens is 400 g/mol. The summed E-state index contributed by atoms with van der Waals surface area (Å²) in [6, 6.07) is 0. The average molecular weight is 439 g/mol. The van der Waals surface area contributed by atoms with E-state index in [2.05, 4.69) is 0 Å². The lowest BCUT2D eigenvalue weighted by atomic mass is 9.97. The molecule has 30 heavy (non-hydrogen) atoms. The van der Waals surface area contributed by atoms with Crippen LogP contribution >= 0.6 is 0 Å². The second-order valence-corrected chi connectivity index (χ2v) is 6.70. The molecule has 0 aromatic heterocycles. The van der Waals surface area contributed by atoms with Crippen molar-refractivity contribution in [3.8, 4) is 0 Å². The zero-order chi connectivity index (χ0) is 23.9. The quantitative estimate of drug-likeness (QED) is 0.207. The SMILES string of the molecule is CCCC(O)C(CC)CO.O=C(O)CCCCC(=O)O.O=C(O)CCCCC(=O)O. The van der Waals surface area contributed by atoms with Gasteiger partial charge in [-0.1, -0.05) is 20.3 Å². The Morgan fingerprint density at radius 3 is 1.13 bits per heavy atom. The number of aliphatic carboxylic acids is 4. The van der Waals surface area contributed by atoms with Crippen LogP contribution < -0.4 is 0 Å². The van der Waals surface area contributed by atoms with Crippen LogP contribution in [-0.4, -0.2) is 67.2 Å². The smallest absolute Gasteiger partial charge is 0.303 e. The van der Waals surface area contributed by atoms with E-state index in [1.165, 1.54) is 0 Å². The molecular formula is C20H38O10. The lowest BCUT2D eigenvalue weighted by Gasteiger charge is -2.17. The predicted octanol–water partition coefficient (Wildman–Crippen LogP) is 2.60. The van der Waals surface area contributed by atoms with Crippen LogP contribution in [0.5, 0.6) is 0 Å². The summed E-state index contributed by atoms with van der Waals surface area (Å²) in [4.78, 5) is 39.6. The first-order chi connectivity index (χ1) is 14.0. The Labute approximate surface area is 177 Å². The second kappa shape index (κ2) is 23.1. The predicted molar refractivity (Wildman–Crippen MR) is 109 cm³/mol. The first-order valence-electron chi connectivity index (χ1n) is 10.2. The van der Waals surface area contributed by atoms with E-state index in [9.17, 15) is 24.3 Å². The molecule has 6 N–H and O–H groups in total. The van der Waals surface area contributed by atoms with Crippen molar-refractivity contribution >= 4 is 23.9 Å². The molecule has 0 spiro atoms. The maximum Gasteiger partial charge on any atom is 0.303 e. The van der Waals surface area contributed by atoms with Crippen LogP contribution in [0.1, 0.15) is 84.5 Å². The van der Waals surface area contributed by atoms with Crippen molar-refractivity contribution in [3.05, 3.63) is 0 Å². The Kier molecular flexibility index (Phi) is 25.0. The Morgan fingerprint density at radius 1 is 0.667 bits per heavy atom. The van der Waals surface area contributed by atoms with Gasteiger partial charge >= 0.3 is 23.9 Å². The van der Waals surface area contributed by atoms with E-state index in [1.807, 2.05) is 13.8 Å². The van der Waals surface area contributed by atoms with Crippen molar-refractivity contribution in [2.24, 2.45) is 5.92 Å². The normalized spacial score (nSPS) is 11.7. The molecule has 0 aliphatic heterocycles. The number of carboxylic acids is 4. The van der Waals surface area contributed by atoms with Crippen LogP contribution in [0.4, 0.5) is 0 Å². The van der Waals surface area contributed by atoms with Crippen molar-refractivity contribution in [2.75, 3.05) is 6.61 Å². The van der Waals surface area contributed by atoms with Crippen LogP contribution in [0.2, 0.25) is 0 Å². The highest BCUT2D eigenvalue weighted by molar-refractivity contribution is 5.68. The summed E-state index contributed by atoms with van der Waals surface area (Å²) in [6.07, 6.45) is 4.38. The van der Waals surface area contributed by atoms with Gasteiger partial charge in [0, 0.05) is 38.2 Å². The molecule has 10 heteroatoms. The summed E-state index contributed by atoms with van der Waals surface area (Å²) in [5.74, 6) is -3.40. The van der Waals surface area contributed by atoms with Crippen LogP contribution in [-0.2, 0) is 19.2 Å². The van der Waals surface area contributed by atoms with Gasteiger partial charge in [-0.05, 0) is 38.5 Å². The van der Waals surface area contributed by atoms with E-state index in [1.54, 1.807) is 0 Å². The molecule has 0 rings (SSSR count). The Hall–Kier alpha value is -2.20. The van der Waals surface area contributed by atoms with Crippen LogP contribution in [0, 0.1) is 5.92 Å². The van der Waals surface area contributed by atoms with E-state index in [0.29, 0.717) is 25.7 Å². The fourth-order valence-electron chi connectivity index (χ4n) is 2.16. The van der Waals surface area contributed by atoms with Crippen LogP contribution in [0.25, 0.3) is 0 Å². The van der Waals surface area contributed by atoms with E-state index in [-0.39, 0.29) is 44.3 Å². The van der Waals surface area contributed by atoms with Gasteiger partial charge in [-0.3, -0.25) is 19.2 Å². The number of unbranched alkanes of at least 4 members (excludes halogenated alkanes) is 2. The Morgan fingerprint density at radius 2 is 0.967 bits per heavy atom. The van der Waals surface area contributed by atoms with E-state index < -0.39 is 23.9 Å². The minimum Gasteiger partial charge on any atom is -0.481 e. The van der Waals surface area contributed by atoms with Gasteiger partial charge in [0.15, 0.2) is 0 Å². The third-order valence-corrected chi connectivity index (χ3v) is 3.95. The number of carboxylic acid groups (broad SMARTS) is 4. The molecule has 0 aromatic rings. The number of carbonyl (C=O) groups is 4. The first-order valence-corrected chi connectivity index (χ1v) is 10.2. The maximum atomic E-state index is 9.90. The molecule has 10 nitrogen and oxygen atoms in total. The molecule has 0 bridgehead atoms. The zero-order valence-corrected chi connectivity index (χ0v) is 18.0. The van der Waals surface area contributed by atoms with Gasteiger partial charge in [-0.2, -0.15) is 0 Å².